The van der Waals surface area contributed by atoms with E-state index in [2.05, 4.69) is 38.4 Å². The van der Waals surface area contributed by atoms with Crippen LogP contribution in [0.3, 0.4) is 0 Å². The van der Waals surface area contributed by atoms with Gasteiger partial charge in [0, 0.05) is 10.2 Å². The minimum absolute atomic E-state index is 0.296. The van der Waals surface area contributed by atoms with Gasteiger partial charge in [-0.2, -0.15) is 5.10 Å². The van der Waals surface area contributed by atoms with Crippen molar-refractivity contribution in [2.75, 3.05) is 11.9 Å². The molecule has 0 radical (unpaired) electrons. The highest BCUT2D eigenvalue weighted by atomic mass is 79.9. The molecule has 2 N–H and O–H groups in total. The second-order valence-corrected chi connectivity index (χ2v) is 6.87. The van der Waals surface area contributed by atoms with Gasteiger partial charge in [0.05, 0.1) is 16.3 Å². The number of anilines is 1. The second kappa shape index (κ2) is 9.62. The lowest BCUT2D eigenvalue weighted by Crippen LogP contribution is -2.24. The fourth-order valence-electron chi connectivity index (χ4n) is 1.98. The van der Waals surface area contributed by atoms with E-state index in [0.717, 1.165) is 10.0 Å². The van der Waals surface area contributed by atoms with E-state index in [4.69, 9.17) is 27.9 Å². The molecule has 0 unspecified atom stereocenters. The summed E-state index contributed by atoms with van der Waals surface area (Å²) in [5.74, 6) is 0.377. The van der Waals surface area contributed by atoms with Crippen LogP contribution in [0.25, 0.3) is 0 Å². The Morgan fingerprint density at radius 3 is 2.62 bits per heavy atom. The number of hydrogen-bond donors (Lipinski definition) is 2. The van der Waals surface area contributed by atoms with Crippen LogP contribution < -0.4 is 15.5 Å². The van der Waals surface area contributed by atoms with Gasteiger partial charge in [0.1, 0.15) is 6.61 Å². The predicted molar refractivity (Wildman–Crippen MR) is 111 cm³/mol. The van der Waals surface area contributed by atoms with Gasteiger partial charge in [-0.25, -0.2) is 10.2 Å². The molecule has 0 atom stereocenters. The molecule has 0 spiro atoms. The molecular formula is C18H16BrCl2N3O2. The number of nitrogens with zero attached hydrogens (tertiary/aromatic N) is 1. The molecule has 0 bridgehead atoms. The first-order valence-electron chi connectivity index (χ1n) is 7.49. The molecule has 0 aliphatic carbocycles. The maximum atomic E-state index is 11.9. The minimum Gasteiger partial charge on any atom is -0.486 e. The third-order valence-corrected chi connectivity index (χ3v) is 4.61. The number of amides is 2. The fourth-order valence-corrected chi connectivity index (χ4v) is 2.84. The summed E-state index contributed by atoms with van der Waals surface area (Å²) < 4.78 is 6.36. The van der Waals surface area contributed by atoms with E-state index in [1.165, 1.54) is 6.21 Å². The fraction of sp³-hybridized carbons (Fsp3) is 0.111. The third kappa shape index (κ3) is 5.76. The number of urea groups is 1. The lowest BCUT2D eigenvalue weighted by molar-refractivity contribution is 0.252. The number of benzene rings is 2. The number of carbonyl (C=O) groups excluding carboxylic acids is 1. The van der Waals surface area contributed by atoms with E-state index in [0.29, 0.717) is 33.7 Å². The highest BCUT2D eigenvalue weighted by molar-refractivity contribution is 9.10. The zero-order valence-corrected chi connectivity index (χ0v) is 17.0. The maximum Gasteiger partial charge on any atom is 0.339 e. The SMILES string of the molecule is C=CCOc1c(Cl)cc(/C=N/NC(=O)Nc2ccc(Br)c(C)c2)cc1Cl. The van der Waals surface area contributed by atoms with Gasteiger partial charge in [0.15, 0.2) is 5.75 Å². The molecule has 136 valence electrons. The van der Waals surface area contributed by atoms with Crippen molar-refractivity contribution in [1.29, 1.82) is 0 Å². The van der Waals surface area contributed by atoms with Gasteiger partial charge in [-0.3, -0.25) is 0 Å². The minimum atomic E-state index is -0.467. The Balaban J connectivity index is 1.98. The van der Waals surface area contributed by atoms with Gasteiger partial charge < -0.3 is 10.1 Å². The summed E-state index contributed by atoms with van der Waals surface area (Å²) in [4.78, 5) is 11.9. The van der Waals surface area contributed by atoms with E-state index < -0.39 is 6.03 Å². The lowest BCUT2D eigenvalue weighted by atomic mass is 10.2. The van der Waals surface area contributed by atoms with E-state index in [1.807, 2.05) is 19.1 Å². The molecule has 0 aliphatic rings. The summed E-state index contributed by atoms with van der Waals surface area (Å²) in [7, 11) is 0. The van der Waals surface area contributed by atoms with Gasteiger partial charge in [-0.15, -0.1) is 0 Å². The summed E-state index contributed by atoms with van der Waals surface area (Å²) in [6.07, 6.45) is 3.03. The quantitative estimate of drug-likeness (QED) is 0.328. The van der Waals surface area contributed by atoms with E-state index in [-0.39, 0.29) is 0 Å². The first kappa shape index (κ1) is 20.3. The summed E-state index contributed by atoms with van der Waals surface area (Å²) in [6.45, 7) is 5.80. The zero-order chi connectivity index (χ0) is 19.1. The number of aryl methyl sites for hydroxylation is 1. The predicted octanol–water partition coefficient (Wildman–Crippen LogP) is 5.78. The molecule has 0 saturated heterocycles. The molecule has 26 heavy (non-hydrogen) atoms. The Hall–Kier alpha value is -2.02. The maximum absolute atomic E-state index is 11.9. The Morgan fingerprint density at radius 1 is 1.31 bits per heavy atom. The standard InChI is InChI=1S/C18H16BrCl2N3O2/c1-3-6-26-17-15(20)8-12(9-16(17)21)10-22-24-18(25)23-13-4-5-14(19)11(2)7-13/h3-5,7-10H,1,6H2,2H3,(H2,23,24,25)/b22-10+. The lowest BCUT2D eigenvalue weighted by Gasteiger charge is -2.09. The number of nitrogens with one attached hydrogen (secondary N) is 2. The second-order valence-electron chi connectivity index (χ2n) is 5.20. The van der Waals surface area contributed by atoms with Crippen molar-refractivity contribution >= 4 is 57.1 Å². The van der Waals surface area contributed by atoms with Gasteiger partial charge in [-0.05, 0) is 48.4 Å². The molecule has 2 amide bonds. The molecule has 0 heterocycles. The molecule has 8 heteroatoms. The van der Waals surface area contributed by atoms with Crippen molar-refractivity contribution < 1.29 is 9.53 Å². The molecule has 0 aromatic heterocycles. The van der Waals surface area contributed by atoms with Gasteiger partial charge in [0.25, 0.3) is 0 Å². The Bertz CT molecular complexity index is 833. The summed E-state index contributed by atoms with van der Waals surface area (Å²) >= 11 is 15.7. The highest BCUT2D eigenvalue weighted by Gasteiger charge is 2.09. The number of carbonyl (C=O) groups is 1. The van der Waals surface area contributed by atoms with Crippen LogP contribution >= 0.6 is 39.1 Å². The molecule has 0 fully saturated rings. The highest BCUT2D eigenvalue weighted by Crippen LogP contribution is 2.33. The van der Waals surface area contributed by atoms with E-state index >= 15 is 0 Å². The number of halogens is 3. The summed E-state index contributed by atoms with van der Waals surface area (Å²) in [6, 6.07) is 8.27. The summed E-state index contributed by atoms with van der Waals surface area (Å²) in [5, 5.41) is 7.25. The molecular weight excluding hydrogens is 441 g/mol. The smallest absolute Gasteiger partial charge is 0.339 e. The average molecular weight is 457 g/mol. The number of ether oxygens (including phenoxy) is 1. The van der Waals surface area contributed by atoms with Gasteiger partial charge in [-0.1, -0.05) is 51.8 Å². The van der Waals surface area contributed by atoms with Crippen LogP contribution in [0.4, 0.5) is 10.5 Å². The first-order valence-corrected chi connectivity index (χ1v) is 9.04. The Kier molecular flexibility index (Phi) is 7.50. The van der Waals surface area contributed by atoms with Crippen molar-refractivity contribution in [3.63, 3.8) is 0 Å². The largest absolute Gasteiger partial charge is 0.486 e. The normalized spacial score (nSPS) is 10.6. The van der Waals surface area contributed by atoms with Crippen LogP contribution in [0.2, 0.25) is 10.0 Å². The van der Waals surface area contributed by atoms with Crippen molar-refractivity contribution in [3.8, 4) is 5.75 Å². The molecule has 0 saturated carbocycles. The number of hydrogen-bond acceptors (Lipinski definition) is 3. The van der Waals surface area contributed by atoms with Crippen LogP contribution in [-0.4, -0.2) is 18.9 Å². The van der Waals surface area contributed by atoms with Crippen LogP contribution in [0.1, 0.15) is 11.1 Å². The van der Waals surface area contributed by atoms with Gasteiger partial charge in [0.2, 0.25) is 0 Å². The first-order chi connectivity index (χ1) is 12.4. The van der Waals surface area contributed by atoms with Gasteiger partial charge >= 0.3 is 6.03 Å². The molecule has 0 aliphatic heterocycles. The van der Waals surface area contributed by atoms with Crippen molar-refractivity contribution in [3.05, 3.63) is 68.6 Å². The van der Waals surface area contributed by atoms with E-state index in [9.17, 15) is 4.79 Å². The third-order valence-electron chi connectivity index (χ3n) is 3.16. The van der Waals surface area contributed by atoms with Crippen molar-refractivity contribution in [1.82, 2.24) is 5.43 Å². The molecule has 2 rings (SSSR count). The number of hydrazone groups is 1. The molecule has 2 aromatic rings. The topological polar surface area (TPSA) is 62.7 Å². The zero-order valence-electron chi connectivity index (χ0n) is 13.9. The van der Waals surface area contributed by atoms with Crippen LogP contribution in [-0.2, 0) is 0 Å². The van der Waals surface area contributed by atoms with Crippen molar-refractivity contribution in [2.45, 2.75) is 6.92 Å². The summed E-state index contributed by atoms with van der Waals surface area (Å²) in [5.41, 5.74) is 4.66. The van der Waals surface area contributed by atoms with Crippen LogP contribution in [0.5, 0.6) is 5.75 Å². The molecule has 5 nitrogen and oxygen atoms in total. The number of rotatable bonds is 6. The Morgan fingerprint density at radius 2 is 2.00 bits per heavy atom. The van der Waals surface area contributed by atoms with Crippen LogP contribution in [0, 0.1) is 6.92 Å². The van der Waals surface area contributed by atoms with E-state index in [1.54, 1.807) is 24.3 Å². The van der Waals surface area contributed by atoms with Crippen molar-refractivity contribution in [2.24, 2.45) is 5.10 Å². The van der Waals surface area contributed by atoms with Crippen LogP contribution in [0.15, 0.2) is 52.6 Å². The monoisotopic (exact) mass is 455 g/mol. The average Bonchev–Trinajstić information content (AvgIpc) is 2.57. The Labute approximate surface area is 170 Å². The molecule has 2 aromatic carbocycles.